The van der Waals surface area contributed by atoms with E-state index >= 15 is 0 Å². The first-order valence-corrected chi connectivity index (χ1v) is 6.15. The number of para-hydroxylation sites is 1. The molecule has 0 spiro atoms. The Kier molecular flexibility index (Phi) is 4.18. The summed E-state index contributed by atoms with van der Waals surface area (Å²) in [6.07, 6.45) is -0.0276. The predicted molar refractivity (Wildman–Crippen MR) is 73.2 cm³/mol. The molecule has 3 nitrogen and oxygen atoms in total. The quantitative estimate of drug-likeness (QED) is 0.890. The topological polar surface area (TPSA) is 46.5 Å². The molecule has 1 N–H and O–H groups in total. The van der Waals surface area contributed by atoms with Crippen LogP contribution in [0, 0.1) is 0 Å². The van der Waals surface area contributed by atoms with Crippen LogP contribution in [0.2, 0.25) is 0 Å². The van der Waals surface area contributed by atoms with E-state index in [9.17, 15) is 9.90 Å². The largest absolute Gasteiger partial charge is 0.508 e. The summed E-state index contributed by atoms with van der Waals surface area (Å²) in [5.41, 5.74) is 0.872. The zero-order valence-corrected chi connectivity index (χ0v) is 10.7. The lowest BCUT2D eigenvalue weighted by Crippen LogP contribution is -2.11. The van der Waals surface area contributed by atoms with Gasteiger partial charge >= 0.3 is 0 Å². The number of carbonyl (C=O) groups excluding carboxylic acids is 1. The Hall–Kier alpha value is -2.29. The molecule has 1 atom stereocenters. The molecule has 19 heavy (non-hydrogen) atoms. The zero-order valence-electron chi connectivity index (χ0n) is 10.7. The number of phenols is 1. The van der Waals surface area contributed by atoms with Gasteiger partial charge in [0, 0.05) is 6.42 Å². The van der Waals surface area contributed by atoms with Gasteiger partial charge in [-0.05, 0) is 36.8 Å². The van der Waals surface area contributed by atoms with Crippen molar-refractivity contribution in [3.05, 3.63) is 60.2 Å². The van der Waals surface area contributed by atoms with Crippen LogP contribution in [0.4, 0.5) is 0 Å². The summed E-state index contributed by atoms with van der Waals surface area (Å²) in [6.45, 7) is 1.54. The van der Waals surface area contributed by atoms with Crippen LogP contribution in [0.15, 0.2) is 54.6 Å². The van der Waals surface area contributed by atoms with Gasteiger partial charge in [-0.3, -0.25) is 4.79 Å². The first-order valence-electron chi connectivity index (χ1n) is 6.15. The Labute approximate surface area is 112 Å². The molecular formula is C16H16O3. The van der Waals surface area contributed by atoms with Gasteiger partial charge in [0.05, 0.1) is 0 Å². The van der Waals surface area contributed by atoms with E-state index in [2.05, 4.69) is 0 Å². The number of ether oxygens (including phenoxy) is 1. The van der Waals surface area contributed by atoms with Crippen molar-refractivity contribution >= 4 is 5.78 Å². The van der Waals surface area contributed by atoms with Gasteiger partial charge in [0.2, 0.25) is 0 Å². The first kappa shape index (κ1) is 13.1. The molecule has 0 aromatic heterocycles. The Morgan fingerprint density at radius 3 is 2.32 bits per heavy atom. The molecule has 0 heterocycles. The van der Waals surface area contributed by atoms with Crippen molar-refractivity contribution in [3.8, 4) is 11.5 Å². The maximum Gasteiger partial charge on any atom is 0.133 e. The summed E-state index contributed by atoms with van der Waals surface area (Å²) < 4.78 is 5.85. The molecule has 0 fully saturated rings. The van der Waals surface area contributed by atoms with Crippen molar-refractivity contribution < 1.29 is 14.6 Å². The summed E-state index contributed by atoms with van der Waals surface area (Å²) >= 11 is 0. The Balaban J connectivity index is 2.20. The fourth-order valence-corrected chi connectivity index (χ4v) is 1.84. The van der Waals surface area contributed by atoms with Crippen LogP contribution in [0.5, 0.6) is 11.5 Å². The standard InChI is InChI=1S/C16H16O3/c1-12(17)11-16(13-7-9-14(18)10-8-13)19-15-5-3-2-4-6-15/h2-10,16,18H,11H2,1H3. The number of phenolic OH excluding ortho intramolecular Hbond substituents is 1. The summed E-state index contributed by atoms with van der Waals surface area (Å²) in [5, 5.41) is 9.30. The van der Waals surface area contributed by atoms with E-state index in [1.54, 1.807) is 31.2 Å². The van der Waals surface area contributed by atoms with Gasteiger partial charge in [0.15, 0.2) is 0 Å². The van der Waals surface area contributed by atoms with Crippen molar-refractivity contribution in [2.45, 2.75) is 19.4 Å². The van der Waals surface area contributed by atoms with Gasteiger partial charge in [0.25, 0.3) is 0 Å². The Morgan fingerprint density at radius 2 is 1.74 bits per heavy atom. The van der Waals surface area contributed by atoms with E-state index in [1.165, 1.54) is 0 Å². The molecule has 2 rings (SSSR count). The molecule has 1 unspecified atom stereocenters. The molecule has 0 amide bonds. The summed E-state index contributed by atoms with van der Waals surface area (Å²) in [7, 11) is 0. The van der Waals surface area contributed by atoms with Crippen molar-refractivity contribution in [1.29, 1.82) is 0 Å². The van der Waals surface area contributed by atoms with E-state index in [0.29, 0.717) is 6.42 Å². The van der Waals surface area contributed by atoms with E-state index in [4.69, 9.17) is 4.74 Å². The molecule has 2 aromatic carbocycles. The van der Waals surface area contributed by atoms with Gasteiger partial charge in [-0.25, -0.2) is 0 Å². The van der Waals surface area contributed by atoms with Crippen LogP contribution in [-0.4, -0.2) is 10.9 Å². The third-order valence-corrected chi connectivity index (χ3v) is 2.76. The molecule has 0 aliphatic carbocycles. The third-order valence-electron chi connectivity index (χ3n) is 2.76. The Bertz CT molecular complexity index is 532. The second-order valence-electron chi connectivity index (χ2n) is 4.42. The van der Waals surface area contributed by atoms with E-state index in [1.807, 2.05) is 30.3 Å². The van der Waals surface area contributed by atoms with Crippen molar-refractivity contribution in [3.63, 3.8) is 0 Å². The fraction of sp³-hybridized carbons (Fsp3) is 0.188. The number of benzene rings is 2. The van der Waals surface area contributed by atoms with E-state index < -0.39 is 0 Å². The fourth-order valence-electron chi connectivity index (χ4n) is 1.84. The van der Waals surface area contributed by atoms with Crippen molar-refractivity contribution in [1.82, 2.24) is 0 Å². The minimum absolute atomic E-state index is 0.0639. The van der Waals surface area contributed by atoms with Gasteiger partial charge in [-0.2, -0.15) is 0 Å². The number of hydrogen-bond donors (Lipinski definition) is 1. The monoisotopic (exact) mass is 256 g/mol. The molecule has 0 bridgehead atoms. The smallest absolute Gasteiger partial charge is 0.133 e. The summed E-state index contributed by atoms with van der Waals surface area (Å²) in [4.78, 5) is 11.4. The maximum absolute atomic E-state index is 11.4. The van der Waals surface area contributed by atoms with Crippen LogP contribution in [0.3, 0.4) is 0 Å². The number of hydrogen-bond acceptors (Lipinski definition) is 3. The highest BCUT2D eigenvalue weighted by molar-refractivity contribution is 5.76. The van der Waals surface area contributed by atoms with Gasteiger partial charge < -0.3 is 9.84 Å². The SMILES string of the molecule is CC(=O)CC(Oc1ccccc1)c1ccc(O)cc1. The molecular weight excluding hydrogens is 240 g/mol. The van der Waals surface area contributed by atoms with Crippen LogP contribution >= 0.6 is 0 Å². The number of Topliss-reactive ketones (excluding diaryl/α,β-unsaturated/α-hetero) is 1. The molecule has 0 saturated heterocycles. The highest BCUT2D eigenvalue weighted by Crippen LogP contribution is 2.26. The van der Waals surface area contributed by atoms with E-state index in [0.717, 1.165) is 11.3 Å². The highest BCUT2D eigenvalue weighted by atomic mass is 16.5. The average Bonchev–Trinajstić information content (AvgIpc) is 2.39. The van der Waals surface area contributed by atoms with E-state index in [-0.39, 0.29) is 17.6 Å². The molecule has 0 radical (unpaired) electrons. The zero-order chi connectivity index (χ0) is 13.7. The number of ketones is 1. The maximum atomic E-state index is 11.4. The van der Waals surface area contributed by atoms with Gasteiger partial charge in [0.1, 0.15) is 23.4 Å². The number of carbonyl (C=O) groups is 1. The average molecular weight is 256 g/mol. The number of rotatable bonds is 5. The van der Waals surface area contributed by atoms with Crippen LogP contribution < -0.4 is 4.74 Å². The highest BCUT2D eigenvalue weighted by Gasteiger charge is 2.15. The lowest BCUT2D eigenvalue weighted by molar-refractivity contribution is -0.118. The van der Waals surface area contributed by atoms with Gasteiger partial charge in [-0.1, -0.05) is 30.3 Å². The summed E-state index contributed by atoms with van der Waals surface area (Å²) in [6, 6.07) is 16.1. The number of aromatic hydroxyl groups is 1. The lowest BCUT2D eigenvalue weighted by Gasteiger charge is -2.18. The Morgan fingerprint density at radius 1 is 1.11 bits per heavy atom. The van der Waals surface area contributed by atoms with Crippen LogP contribution in [-0.2, 0) is 4.79 Å². The molecule has 0 aliphatic heterocycles. The normalized spacial score (nSPS) is 11.8. The summed E-state index contributed by atoms with van der Waals surface area (Å²) in [5.74, 6) is 0.987. The van der Waals surface area contributed by atoms with Gasteiger partial charge in [-0.15, -0.1) is 0 Å². The molecule has 3 heteroatoms. The second kappa shape index (κ2) is 6.05. The van der Waals surface area contributed by atoms with Crippen LogP contribution in [0.25, 0.3) is 0 Å². The molecule has 0 saturated carbocycles. The van der Waals surface area contributed by atoms with Crippen molar-refractivity contribution in [2.24, 2.45) is 0 Å². The van der Waals surface area contributed by atoms with Crippen molar-refractivity contribution in [2.75, 3.05) is 0 Å². The minimum Gasteiger partial charge on any atom is -0.508 e. The molecule has 0 aliphatic rings. The molecule has 2 aromatic rings. The predicted octanol–water partition coefficient (Wildman–Crippen LogP) is 3.49. The molecule has 98 valence electrons. The van der Waals surface area contributed by atoms with Crippen LogP contribution in [0.1, 0.15) is 25.0 Å². The first-order chi connectivity index (χ1) is 9.15. The lowest BCUT2D eigenvalue weighted by atomic mass is 10.0. The second-order valence-corrected chi connectivity index (χ2v) is 4.42. The third kappa shape index (κ3) is 3.85. The minimum atomic E-state index is -0.333.